The Bertz CT molecular complexity index is 1520. The van der Waals surface area contributed by atoms with E-state index in [4.69, 9.17) is 0 Å². The lowest BCUT2D eigenvalue weighted by Crippen LogP contribution is -2.28. The van der Waals surface area contributed by atoms with E-state index in [-0.39, 0.29) is 11.1 Å². The molecule has 0 radical (unpaired) electrons. The fourth-order valence-electron chi connectivity index (χ4n) is 6.27. The molecule has 0 unspecified atom stereocenters. The number of nitrogens with zero attached hydrogens (tertiary/aromatic N) is 2. The number of fused-ring (bicyclic) bond motifs is 3. The van der Waals surface area contributed by atoms with Crippen molar-refractivity contribution in [3.63, 3.8) is 0 Å². The molecule has 1 aliphatic rings. The molecular weight excluding hydrogens is 524 g/mol. The Labute approximate surface area is 248 Å². The number of carbonyl (C=O) groups excluding carboxylic acids is 2. The molecule has 4 rings (SSSR count). The summed E-state index contributed by atoms with van der Waals surface area (Å²) in [6.45, 7) is 19.8. The highest BCUT2D eigenvalue weighted by molar-refractivity contribution is 6.21. The topological polar surface area (TPSA) is 86.7 Å². The van der Waals surface area contributed by atoms with Crippen LogP contribution in [0, 0.1) is 0 Å². The van der Waals surface area contributed by atoms with E-state index in [1.54, 1.807) is 18.2 Å². The minimum atomic E-state index is -1.24. The molecule has 1 aliphatic carbocycles. The van der Waals surface area contributed by atoms with Gasteiger partial charge in [-0.3, -0.25) is 9.80 Å². The van der Waals surface area contributed by atoms with Crippen LogP contribution in [-0.4, -0.2) is 61.0 Å². The van der Waals surface area contributed by atoms with Crippen LogP contribution in [0.15, 0.2) is 87.0 Å². The first-order valence-electron chi connectivity index (χ1n) is 14.4. The van der Waals surface area contributed by atoms with Crippen molar-refractivity contribution in [1.29, 1.82) is 0 Å². The zero-order valence-electron chi connectivity index (χ0n) is 24.2. The Morgan fingerprint density at radius 3 is 1.79 bits per heavy atom. The molecule has 0 heterocycles. The number of benzene rings is 3. The van der Waals surface area contributed by atoms with Gasteiger partial charge < -0.3 is 19.8 Å². The average molecular weight is 563 g/mol. The minimum Gasteiger partial charge on any atom is -0.545 e. The molecule has 0 aromatic heterocycles. The Morgan fingerprint density at radius 2 is 1.26 bits per heavy atom. The normalized spacial score (nSPS) is 11.6. The molecule has 0 fully saturated rings. The first kappa shape index (κ1) is 30.7. The summed E-state index contributed by atoms with van der Waals surface area (Å²) in [6, 6.07) is 10.7. The molecule has 0 atom stereocenters. The molecule has 0 amide bonds. The van der Waals surface area contributed by atoms with Crippen LogP contribution in [0.3, 0.4) is 0 Å². The number of carboxylic acids is 2. The van der Waals surface area contributed by atoms with Gasteiger partial charge in [0.15, 0.2) is 0 Å². The second kappa shape index (κ2) is 14.1. The van der Waals surface area contributed by atoms with Gasteiger partial charge in [-0.1, -0.05) is 54.6 Å². The van der Waals surface area contributed by atoms with Gasteiger partial charge in [0.2, 0.25) is 0 Å². The Morgan fingerprint density at radius 1 is 0.690 bits per heavy atom. The Hall–Kier alpha value is -4.26. The maximum atomic E-state index is 12.8. The van der Waals surface area contributed by atoms with E-state index in [0.29, 0.717) is 31.3 Å². The maximum absolute atomic E-state index is 12.8. The van der Waals surface area contributed by atoms with Gasteiger partial charge in [0.25, 0.3) is 0 Å². The van der Waals surface area contributed by atoms with Crippen LogP contribution < -0.4 is 10.2 Å². The lowest BCUT2D eigenvalue weighted by molar-refractivity contribution is -0.256. The van der Waals surface area contributed by atoms with Crippen molar-refractivity contribution in [3.05, 3.63) is 109 Å². The first-order valence-corrected chi connectivity index (χ1v) is 14.4. The highest BCUT2D eigenvalue weighted by atomic mass is 16.4. The van der Waals surface area contributed by atoms with E-state index in [1.807, 2.05) is 42.5 Å². The lowest BCUT2D eigenvalue weighted by Gasteiger charge is -2.25. The van der Waals surface area contributed by atoms with E-state index in [1.165, 1.54) is 0 Å². The monoisotopic (exact) mass is 562 g/mol. The summed E-state index contributed by atoms with van der Waals surface area (Å²) in [5, 5.41) is 26.2. The van der Waals surface area contributed by atoms with Gasteiger partial charge in [-0.15, -0.1) is 26.3 Å². The Kier molecular flexibility index (Phi) is 10.3. The molecule has 6 heteroatoms. The summed E-state index contributed by atoms with van der Waals surface area (Å²) in [4.78, 5) is 29.1. The standard InChI is InChI=1S/C36H40N2O4/c1-5-18-37(19-6-2)22-10-14-28-29(15-11-23-38(20-7-3)21-8-4)34(36(41)42)30-13-9-12-27-26-17-16-25(35(39)40)24-31(26)33(28)32(27)30/h5-9,12-13,16-17,24H,1-4,10-11,14-15,18-23H2,(H,39,40)(H,41,42)/p-2. The van der Waals surface area contributed by atoms with Crippen molar-refractivity contribution < 1.29 is 19.8 Å². The predicted molar refractivity (Wildman–Crippen MR) is 167 cm³/mol. The summed E-state index contributed by atoms with van der Waals surface area (Å²) in [6.07, 6.45) is 10.1. The summed E-state index contributed by atoms with van der Waals surface area (Å²) in [5.74, 6) is -2.44. The van der Waals surface area contributed by atoms with E-state index in [2.05, 4.69) is 36.1 Å². The van der Waals surface area contributed by atoms with Gasteiger partial charge in [-0.25, -0.2) is 0 Å². The maximum Gasteiger partial charge on any atom is 0.0724 e. The van der Waals surface area contributed by atoms with Gasteiger partial charge in [-0.05, 0) is 94.6 Å². The molecule has 0 spiro atoms. The average Bonchev–Trinajstić information content (AvgIpc) is 3.29. The second-order valence-corrected chi connectivity index (χ2v) is 10.7. The molecule has 218 valence electrons. The smallest absolute Gasteiger partial charge is 0.0724 e. The van der Waals surface area contributed by atoms with Crippen LogP contribution in [0.5, 0.6) is 0 Å². The van der Waals surface area contributed by atoms with Gasteiger partial charge in [0, 0.05) is 31.7 Å². The minimum absolute atomic E-state index is 0.0961. The zero-order valence-corrected chi connectivity index (χ0v) is 24.2. The third-order valence-corrected chi connectivity index (χ3v) is 7.92. The highest BCUT2D eigenvalue weighted by Gasteiger charge is 2.29. The third kappa shape index (κ3) is 6.30. The number of hydrogen-bond donors (Lipinski definition) is 0. The van der Waals surface area contributed by atoms with Crippen LogP contribution in [0.2, 0.25) is 0 Å². The number of aromatic carboxylic acids is 2. The number of hydrogen-bond acceptors (Lipinski definition) is 6. The van der Waals surface area contributed by atoms with Crippen LogP contribution >= 0.6 is 0 Å². The third-order valence-electron chi connectivity index (χ3n) is 7.92. The predicted octanol–water partition coefficient (Wildman–Crippen LogP) is 4.43. The van der Waals surface area contributed by atoms with Gasteiger partial charge in [0.1, 0.15) is 0 Å². The van der Waals surface area contributed by atoms with E-state index >= 15 is 0 Å². The van der Waals surface area contributed by atoms with E-state index < -0.39 is 11.9 Å². The summed E-state index contributed by atoms with van der Waals surface area (Å²) in [7, 11) is 0. The SMILES string of the molecule is C=CCN(CC=C)CCCc1c(CCCN(CC=C)CC=C)c2c3c(cccc3c1C(=O)[O-])-c1ccc(C(=O)[O-])cc1-2. The van der Waals surface area contributed by atoms with Crippen molar-refractivity contribution >= 4 is 22.7 Å². The van der Waals surface area contributed by atoms with Crippen molar-refractivity contribution in [3.8, 4) is 22.3 Å². The number of carbonyl (C=O) groups is 2. The molecule has 6 nitrogen and oxygen atoms in total. The van der Waals surface area contributed by atoms with Crippen molar-refractivity contribution in [2.45, 2.75) is 25.7 Å². The molecule has 0 saturated carbocycles. The van der Waals surface area contributed by atoms with Crippen molar-refractivity contribution in [1.82, 2.24) is 9.80 Å². The largest absolute Gasteiger partial charge is 0.545 e. The lowest BCUT2D eigenvalue weighted by atomic mass is 9.84. The summed E-state index contributed by atoms with van der Waals surface area (Å²) < 4.78 is 0. The summed E-state index contributed by atoms with van der Waals surface area (Å²) in [5.41, 5.74) is 5.55. The molecule has 0 N–H and O–H groups in total. The highest BCUT2D eigenvalue weighted by Crippen LogP contribution is 2.51. The van der Waals surface area contributed by atoms with Crippen LogP contribution in [0.1, 0.15) is 44.7 Å². The molecule has 0 saturated heterocycles. The molecular formula is C36H38N2O4-2. The summed E-state index contributed by atoms with van der Waals surface area (Å²) >= 11 is 0. The molecule has 0 bridgehead atoms. The fourth-order valence-corrected chi connectivity index (χ4v) is 6.27. The van der Waals surface area contributed by atoms with Crippen molar-refractivity contribution in [2.24, 2.45) is 0 Å². The second-order valence-electron chi connectivity index (χ2n) is 10.7. The van der Waals surface area contributed by atoms with E-state index in [0.717, 1.165) is 77.8 Å². The fraction of sp³-hybridized carbons (Fsp3) is 0.278. The molecule has 42 heavy (non-hydrogen) atoms. The Balaban J connectivity index is 1.88. The molecule has 3 aromatic rings. The van der Waals surface area contributed by atoms with Gasteiger partial charge in [-0.2, -0.15) is 0 Å². The molecule has 0 aliphatic heterocycles. The van der Waals surface area contributed by atoms with Gasteiger partial charge >= 0.3 is 0 Å². The van der Waals surface area contributed by atoms with E-state index in [9.17, 15) is 19.8 Å². The first-order chi connectivity index (χ1) is 20.4. The zero-order chi connectivity index (χ0) is 30.2. The van der Waals surface area contributed by atoms with Crippen molar-refractivity contribution in [2.75, 3.05) is 39.3 Å². The quantitative estimate of drug-likeness (QED) is 0.167. The van der Waals surface area contributed by atoms with Gasteiger partial charge in [0.05, 0.1) is 11.9 Å². The van der Waals surface area contributed by atoms with Crippen LogP contribution in [0.25, 0.3) is 33.0 Å². The van der Waals surface area contributed by atoms with Crippen LogP contribution in [-0.2, 0) is 12.8 Å². The number of carboxylic acid groups (broad SMARTS) is 2. The number of rotatable bonds is 18. The molecule has 3 aromatic carbocycles. The van der Waals surface area contributed by atoms with Crippen LogP contribution in [0.4, 0.5) is 0 Å².